The second kappa shape index (κ2) is 6.51. The minimum Gasteiger partial charge on any atom is -0.481 e. The van der Waals surface area contributed by atoms with E-state index in [9.17, 15) is 14.7 Å². The number of nitrogens with zero attached hydrogens (tertiary/aromatic N) is 3. The van der Waals surface area contributed by atoms with E-state index in [1.807, 2.05) is 0 Å². The van der Waals surface area contributed by atoms with E-state index in [0.29, 0.717) is 18.7 Å². The highest BCUT2D eigenvalue weighted by Crippen LogP contribution is 2.35. The number of hydrogen-bond donors (Lipinski definition) is 4. The number of hydrogen-bond acceptors (Lipinski definition) is 5. The quantitative estimate of drug-likeness (QED) is 0.628. The smallest absolute Gasteiger partial charge is 0.315 e. The number of aliphatic carboxylic acids is 1. The maximum atomic E-state index is 11.9. The highest BCUT2D eigenvalue weighted by atomic mass is 16.4. The molecule has 4 N–H and O–H groups in total. The summed E-state index contributed by atoms with van der Waals surface area (Å²) in [7, 11) is 0. The lowest BCUT2D eigenvalue weighted by atomic mass is 9.74. The molecular formula is C12H20N6O3. The van der Waals surface area contributed by atoms with Gasteiger partial charge in [-0.05, 0) is 19.8 Å². The Labute approximate surface area is 121 Å². The molecule has 2 amide bonds. The van der Waals surface area contributed by atoms with Gasteiger partial charge in [0.25, 0.3) is 0 Å². The molecule has 1 aromatic heterocycles. The molecule has 9 nitrogen and oxygen atoms in total. The molecule has 0 spiro atoms. The number of amides is 2. The van der Waals surface area contributed by atoms with Gasteiger partial charge < -0.3 is 15.7 Å². The summed E-state index contributed by atoms with van der Waals surface area (Å²) < 4.78 is 0. The average molecular weight is 296 g/mol. The number of nitrogens with one attached hydrogen (secondary N) is 3. The number of carbonyl (C=O) groups excluding carboxylic acids is 1. The predicted molar refractivity (Wildman–Crippen MR) is 72.3 cm³/mol. The summed E-state index contributed by atoms with van der Waals surface area (Å²) in [5, 5.41) is 28.0. The van der Waals surface area contributed by atoms with Crippen LogP contribution in [0.25, 0.3) is 0 Å². The molecule has 1 atom stereocenters. The normalized spacial score (nSPS) is 18.7. The summed E-state index contributed by atoms with van der Waals surface area (Å²) in [6.07, 6.45) is 4.02. The molecule has 0 saturated heterocycles. The van der Waals surface area contributed by atoms with Gasteiger partial charge in [0.15, 0.2) is 5.82 Å². The first kappa shape index (κ1) is 15.2. The molecule has 1 saturated carbocycles. The standard InChI is InChI=1S/C12H20N6O3/c1-8(9-15-17-18-16-9)14-11(21)13-7-12(10(19)20)5-3-2-4-6-12/h8H,2-7H2,1H3,(H,19,20)(H2,13,14,21)(H,15,16,17,18). The Morgan fingerprint density at radius 3 is 2.67 bits per heavy atom. The lowest BCUT2D eigenvalue weighted by Gasteiger charge is -2.33. The molecule has 116 valence electrons. The average Bonchev–Trinajstić information content (AvgIpc) is 3.00. The van der Waals surface area contributed by atoms with E-state index in [1.54, 1.807) is 6.92 Å². The molecule has 2 rings (SSSR count). The maximum absolute atomic E-state index is 11.9. The van der Waals surface area contributed by atoms with Crippen LogP contribution in [-0.4, -0.2) is 44.3 Å². The number of rotatable bonds is 5. The van der Waals surface area contributed by atoms with Crippen LogP contribution in [0.3, 0.4) is 0 Å². The zero-order valence-electron chi connectivity index (χ0n) is 11.9. The lowest BCUT2D eigenvalue weighted by molar-refractivity contribution is -0.150. The minimum absolute atomic E-state index is 0.132. The Kier molecular flexibility index (Phi) is 4.71. The van der Waals surface area contributed by atoms with Crippen molar-refractivity contribution in [3.63, 3.8) is 0 Å². The molecule has 0 bridgehead atoms. The van der Waals surface area contributed by atoms with E-state index in [1.165, 1.54) is 0 Å². The first-order valence-corrected chi connectivity index (χ1v) is 7.05. The van der Waals surface area contributed by atoms with Gasteiger partial charge in [-0.15, -0.1) is 10.2 Å². The van der Waals surface area contributed by atoms with E-state index in [2.05, 4.69) is 31.3 Å². The van der Waals surface area contributed by atoms with Crippen LogP contribution in [-0.2, 0) is 4.79 Å². The number of aromatic amines is 1. The van der Waals surface area contributed by atoms with Crippen molar-refractivity contribution < 1.29 is 14.7 Å². The van der Waals surface area contributed by atoms with Crippen LogP contribution < -0.4 is 10.6 Å². The molecule has 0 radical (unpaired) electrons. The van der Waals surface area contributed by atoms with Gasteiger partial charge in [-0.25, -0.2) is 4.79 Å². The molecular weight excluding hydrogens is 276 g/mol. The Morgan fingerprint density at radius 2 is 2.10 bits per heavy atom. The number of H-pyrrole nitrogens is 1. The second-order valence-corrected chi connectivity index (χ2v) is 5.46. The molecule has 0 aliphatic heterocycles. The second-order valence-electron chi connectivity index (χ2n) is 5.46. The van der Waals surface area contributed by atoms with Gasteiger partial charge in [-0.3, -0.25) is 4.79 Å². The fourth-order valence-electron chi connectivity index (χ4n) is 2.61. The van der Waals surface area contributed by atoms with Crippen molar-refractivity contribution in [2.24, 2.45) is 5.41 Å². The van der Waals surface area contributed by atoms with Crippen LogP contribution in [0.15, 0.2) is 0 Å². The molecule has 9 heteroatoms. The van der Waals surface area contributed by atoms with Crippen molar-refractivity contribution in [2.45, 2.75) is 45.1 Å². The van der Waals surface area contributed by atoms with E-state index >= 15 is 0 Å². The summed E-state index contributed by atoms with van der Waals surface area (Å²) in [5.74, 6) is -0.468. The molecule has 1 aliphatic rings. The van der Waals surface area contributed by atoms with Gasteiger partial charge in [0, 0.05) is 6.54 Å². The molecule has 1 heterocycles. The van der Waals surface area contributed by atoms with Crippen LogP contribution in [0.1, 0.15) is 50.9 Å². The zero-order chi connectivity index (χ0) is 15.3. The van der Waals surface area contributed by atoms with Gasteiger partial charge >= 0.3 is 12.0 Å². The number of carboxylic acid groups (broad SMARTS) is 1. The SMILES string of the molecule is CC(NC(=O)NCC1(C(=O)O)CCCCC1)c1nn[nH]n1. The number of carboxylic acids is 1. The third kappa shape index (κ3) is 3.67. The van der Waals surface area contributed by atoms with E-state index in [-0.39, 0.29) is 6.54 Å². The van der Waals surface area contributed by atoms with Crippen molar-refractivity contribution in [2.75, 3.05) is 6.54 Å². The number of tetrazole rings is 1. The van der Waals surface area contributed by atoms with Crippen molar-refractivity contribution in [1.82, 2.24) is 31.3 Å². The highest BCUT2D eigenvalue weighted by Gasteiger charge is 2.39. The van der Waals surface area contributed by atoms with Crippen molar-refractivity contribution in [3.8, 4) is 0 Å². The molecule has 1 aromatic rings. The summed E-state index contributed by atoms with van der Waals surface area (Å²) in [6.45, 7) is 1.85. The Bertz CT molecular complexity index is 483. The minimum atomic E-state index is -0.842. The molecule has 0 aromatic carbocycles. The molecule has 1 aliphatic carbocycles. The number of urea groups is 1. The summed E-state index contributed by atoms with van der Waals surface area (Å²) >= 11 is 0. The van der Waals surface area contributed by atoms with Crippen molar-refractivity contribution >= 4 is 12.0 Å². The predicted octanol–water partition coefficient (Wildman–Crippen LogP) is 0.595. The van der Waals surface area contributed by atoms with Crippen molar-refractivity contribution in [1.29, 1.82) is 0 Å². The first-order chi connectivity index (χ1) is 10.0. The van der Waals surface area contributed by atoms with Crippen LogP contribution >= 0.6 is 0 Å². The van der Waals surface area contributed by atoms with Gasteiger partial charge in [-0.2, -0.15) is 5.21 Å². The third-order valence-electron chi connectivity index (χ3n) is 3.95. The number of carbonyl (C=O) groups is 2. The van der Waals surface area contributed by atoms with Crippen LogP contribution in [0, 0.1) is 5.41 Å². The van der Waals surface area contributed by atoms with Crippen molar-refractivity contribution in [3.05, 3.63) is 5.82 Å². The maximum Gasteiger partial charge on any atom is 0.315 e. The Hall–Kier alpha value is -2.19. The van der Waals surface area contributed by atoms with Crippen LogP contribution in [0.4, 0.5) is 4.79 Å². The van der Waals surface area contributed by atoms with Gasteiger partial charge in [-0.1, -0.05) is 24.5 Å². The van der Waals surface area contributed by atoms with E-state index < -0.39 is 23.5 Å². The summed E-state index contributed by atoms with van der Waals surface area (Å²) in [4.78, 5) is 23.3. The lowest BCUT2D eigenvalue weighted by Crippen LogP contribution is -2.47. The summed E-state index contributed by atoms with van der Waals surface area (Å²) in [5.41, 5.74) is -0.842. The first-order valence-electron chi connectivity index (χ1n) is 7.05. The Morgan fingerprint density at radius 1 is 1.38 bits per heavy atom. The summed E-state index contributed by atoms with van der Waals surface area (Å²) in [6, 6.07) is -0.839. The number of aromatic nitrogens is 4. The van der Waals surface area contributed by atoms with Crippen LogP contribution in [0.5, 0.6) is 0 Å². The zero-order valence-corrected chi connectivity index (χ0v) is 11.9. The van der Waals surface area contributed by atoms with Gasteiger partial charge in [0.2, 0.25) is 0 Å². The fourth-order valence-corrected chi connectivity index (χ4v) is 2.61. The van der Waals surface area contributed by atoms with Gasteiger partial charge in [0.1, 0.15) is 0 Å². The van der Waals surface area contributed by atoms with E-state index in [4.69, 9.17) is 0 Å². The van der Waals surface area contributed by atoms with Gasteiger partial charge in [0.05, 0.1) is 11.5 Å². The topological polar surface area (TPSA) is 133 Å². The van der Waals surface area contributed by atoms with E-state index in [0.717, 1.165) is 19.3 Å². The van der Waals surface area contributed by atoms with Crippen LogP contribution in [0.2, 0.25) is 0 Å². The largest absolute Gasteiger partial charge is 0.481 e. The third-order valence-corrected chi connectivity index (χ3v) is 3.95. The highest BCUT2D eigenvalue weighted by molar-refractivity contribution is 5.78. The monoisotopic (exact) mass is 296 g/mol. The molecule has 21 heavy (non-hydrogen) atoms. The molecule has 1 fully saturated rings. The fraction of sp³-hybridized carbons (Fsp3) is 0.750. The Balaban J connectivity index is 1.86. The molecule has 1 unspecified atom stereocenters.